The smallest absolute Gasteiger partial charge is 0.404 e. The average Bonchev–Trinajstić information content (AvgIpc) is 2.38. The number of rotatable bonds is 3. The SMILES string of the molecule is CC(C)(OC(=O)Cl)c1ccccc1-c1ccccc1. The van der Waals surface area contributed by atoms with Crippen LogP contribution in [-0.4, -0.2) is 5.43 Å². The fourth-order valence-corrected chi connectivity index (χ4v) is 2.33. The van der Waals surface area contributed by atoms with Gasteiger partial charge in [-0.3, -0.25) is 0 Å². The van der Waals surface area contributed by atoms with Gasteiger partial charge in [0.15, 0.2) is 0 Å². The molecule has 0 N–H and O–H groups in total. The van der Waals surface area contributed by atoms with Gasteiger partial charge in [0, 0.05) is 17.2 Å². The quantitative estimate of drug-likeness (QED) is 0.739. The van der Waals surface area contributed by atoms with Crippen molar-refractivity contribution in [1.82, 2.24) is 0 Å². The molecule has 0 bridgehead atoms. The average molecular weight is 275 g/mol. The van der Waals surface area contributed by atoms with Crippen LogP contribution in [0.4, 0.5) is 4.79 Å². The van der Waals surface area contributed by atoms with Gasteiger partial charge in [-0.15, -0.1) is 0 Å². The summed E-state index contributed by atoms with van der Waals surface area (Å²) in [5.41, 5.74) is 1.47. The van der Waals surface area contributed by atoms with E-state index in [1.54, 1.807) is 0 Å². The molecular weight excluding hydrogens is 260 g/mol. The molecule has 0 spiro atoms. The maximum absolute atomic E-state index is 11.0. The predicted octanol–water partition coefficient (Wildman–Crippen LogP) is 4.96. The molecule has 0 aliphatic heterocycles. The monoisotopic (exact) mass is 274 g/mol. The van der Waals surface area contributed by atoms with Crippen LogP contribution in [0.3, 0.4) is 0 Å². The van der Waals surface area contributed by atoms with Gasteiger partial charge in [0.05, 0.1) is 0 Å². The lowest BCUT2D eigenvalue weighted by Gasteiger charge is -2.26. The number of benzene rings is 2. The van der Waals surface area contributed by atoms with Gasteiger partial charge in [0.1, 0.15) is 5.60 Å². The van der Waals surface area contributed by atoms with Crippen molar-refractivity contribution < 1.29 is 9.53 Å². The highest BCUT2D eigenvalue weighted by Gasteiger charge is 2.27. The van der Waals surface area contributed by atoms with Crippen molar-refractivity contribution in [2.24, 2.45) is 0 Å². The summed E-state index contributed by atoms with van der Waals surface area (Å²) in [5, 5.41) is 0. The second kappa shape index (κ2) is 5.45. The van der Waals surface area contributed by atoms with E-state index < -0.39 is 11.0 Å². The zero-order valence-electron chi connectivity index (χ0n) is 10.9. The van der Waals surface area contributed by atoms with Crippen LogP contribution in [0, 0.1) is 0 Å². The lowest BCUT2D eigenvalue weighted by molar-refractivity contribution is 0.0556. The topological polar surface area (TPSA) is 26.3 Å². The Labute approximate surface area is 118 Å². The minimum atomic E-state index is -0.798. The van der Waals surface area contributed by atoms with Gasteiger partial charge in [-0.1, -0.05) is 54.6 Å². The van der Waals surface area contributed by atoms with Crippen molar-refractivity contribution in [2.45, 2.75) is 19.4 Å². The molecule has 0 amide bonds. The summed E-state index contributed by atoms with van der Waals surface area (Å²) in [6.07, 6.45) is 0. The van der Waals surface area contributed by atoms with Gasteiger partial charge in [0.2, 0.25) is 0 Å². The van der Waals surface area contributed by atoms with Gasteiger partial charge in [-0.2, -0.15) is 0 Å². The summed E-state index contributed by atoms with van der Waals surface area (Å²) in [5.74, 6) is 0. The lowest BCUT2D eigenvalue weighted by Crippen LogP contribution is -2.23. The zero-order valence-corrected chi connectivity index (χ0v) is 11.6. The summed E-state index contributed by atoms with van der Waals surface area (Å²) in [6.45, 7) is 3.66. The molecule has 0 saturated heterocycles. The third-order valence-electron chi connectivity index (χ3n) is 3.00. The molecule has 2 nitrogen and oxygen atoms in total. The third kappa shape index (κ3) is 3.15. The minimum absolute atomic E-state index is 0.773. The Morgan fingerprint density at radius 2 is 1.58 bits per heavy atom. The van der Waals surface area contributed by atoms with Crippen LogP contribution in [0.25, 0.3) is 11.1 Å². The van der Waals surface area contributed by atoms with E-state index in [0.717, 1.165) is 16.7 Å². The number of halogens is 1. The number of hydrogen-bond donors (Lipinski definition) is 0. The van der Waals surface area contributed by atoms with Crippen LogP contribution in [0.2, 0.25) is 0 Å². The van der Waals surface area contributed by atoms with E-state index in [2.05, 4.69) is 0 Å². The molecule has 0 heterocycles. The molecule has 3 heteroatoms. The van der Waals surface area contributed by atoms with E-state index in [9.17, 15) is 4.79 Å². The Hall–Kier alpha value is -1.80. The first-order chi connectivity index (χ1) is 9.00. The molecule has 0 radical (unpaired) electrons. The van der Waals surface area contributed by atoms with E-state index in [4.69, 9.17) is 16.3 Å². The highest BCUT2D eigenvalue weighted by Crippen LogP contribution is 2.34. The molecule has 0 fully saturated rings. The van der Waals surface area contributed by atoms with E-state index in [1.165, 1.54) is 0 Å². The normalized spacial score (nSPS) is 11.1. The molecule has 0 unspecified atom stereocenters. The fourth-order valence-electron chi connectivity index (χ4n) is 2.13. The molecule has 2 aromatic rings. The number of carbonyl (C=O) groups is 1. The van der Waals surface area contributed by atoms with Crippen molar-refractivity contribution in [3.63, 3.8) is 0 Å². The summed E-state index contributed by atoms with van der Waals surface area (Å²) in [6, 6.07) is 17.8. The van der Waals surface area contributed by atoms with Crippen molar-refractivity contribution in [3.8, 4) is 11.1 Å². The standard InChI is InChI=1S/C16H15ClO2/c1-16(2,19-15(17)18)14-11-7-6-10-13(14)12-8-4-3-5-9-12/h3-11H,1-2H3. The number of hydrogen-bond acceptors (Lipinski definition) is 2. The molecule has 2 rings (SSSR count). The first-order valence-corrected chi connectivity index (χ1v) is 6.42. The molecule has 98 valence electrons. The molecule has 0 aliphatic rings. The van der Waals surface area contributed by atoms with Gasteiger partial charge in [-0.25, -0.2) is 4.79 Å². The minimum Gasteiger partial charge on any atom is -0.443 e. The van der Waals surface area contributed by atoms with Crippen LogP contribution in [0.1, 0.15) is 19.4 Å². The van der Waals surface area contributed by atoms with Crippen LogP contribution in [-0.2, 0) is 10.3 Å². The van der Waals surface area contributed by atoms with E-state index >= 15 is 0 Å². The molecule has 2 aromatic carbocycles. The third-order valence-corrected chi connectivity index (χ3v) is 3.07. The van der Waals surface area contributed by atoms with Crippen molar-refractivity contribution >= 4 is 17.0 Å². The first-order valence-electron chi connectivity index (χ1n) is 6.04. The molecule has 0 aromatic heterocycles. The van der Waals surface area contributed by atoms with Crippen molar-refractivity contribution in [1.29, 1.82) is 0 Å². The highest BCUT2D eigenvalue weighted by molar-refractivity contribution is 6.61. The molecule has 0 saturated carbocycles. The second-order valence-electron chi connectivity index (χ2n) is 4.76. The molecular formula is C16H15ClO2. The summed E-state index contributed by atoms with van der Waals surface area (Å²) >= 11 is 5.35. The molecule has 0 atom stereocenters. The Morgan fingerprint density at radius 3 is 2.21 bits per heavy atom. The molecule has 19 heavy (non-hydrogen) atoms. The predicted molar refractivity (Wildman–Crippen MR) is 77.2 cm³/mol. The largest absolute Gasteiger partial charge is 0.443 e. The van der Waals surface area contributed by atoms with E-state index in [-0.39, 0.29) is 0 Å². The molecule has 0 aliphatic carbocycles. The first kappa shape index (κ1) is 13.6. The number of ether oxygens (including phenoxy) is 1. The maximum Gasteiger partial charge on any atom is 0.404 e. The number of carbonyl (C=O) groups excluding carboxylic acids is 1. The van der Waals surface area contributed by atoms with Gasteiger partial charge in [0.25, 0.3) is 0 Å². The fraction of sp³-hybridized carbons (Fsp3) is 0.188. The van der Waals surface area contributed by atoms with Gasteiger partial charge < -0.3 is 4.74 Å². The Morgan fingerprint density at radius 1 is 1.00 bits per heavy atom. The Kier molecular flexibility index (Phi) is 3.91. The van der Waals surface area contributed by atoms with Crippen LogP contribution in [0.15, 0.2) is 54.6 Å². The maximum atomic E-state index is 11.0. The van der Waals surface area contributed by atoms with Gasteiger partial charge in [-0.05, 0) is 25.0 Å². The summed E-state index contributed by atoms with van der Waals surface area (Å²) in [7, 11) is 0. The summed E-state index contributed by atoms with van der Waals surface area (Å²) < 4.78 is 5.21. The lowest BCUT2D eigenvalue weighted by atomic mass is 9.89. The van der Waals surface area contributed by atoms with Crippen LogP contribution >= 0.6 is 11.6 Å². The highest BCUT2D eigenvalue weighted by atomic mass is 35.5. The van der Waals surface area contributed by atoms with Crippen LogP contribution < -0.4 is 0 Å². The second-order valence-corrected chi connectivity index (χ2v) is 5.07. The Bertz CT molecular complexity index is 576. The summed E-state index contributed by atoms with van der Waals surface area (Å²) in [4.78, 5) is 11.0. The van der Waals surface area contributed by atoms with E-state index in [1.807, 2.05) is 68.4 Å². The van der Waals surface area contributed by atoms with E-state index in [0.29, 0.717) is 0 Å². The van der Waals surface area contributed by atoms with Crippen molar-refractivity contribution in [2.75, 3.05) is 0 Å². The Balaban J connectivity index is 2.50. The van der Waals surface area contributed by atoms with Crippen molar-refractivity contribution in [3.05, 3.63) is 60.2 Å². The van der Waals surface area contributed by atoms with Crippen LogP contribution in [0.5, 0.6) is 0 Å². The zero-order chi connectivity index (χ0) is 13.9. The van der Waals surface area contributed by atoms with Gasteiger partial charge >= 0.3 is 5.43 Å².